The van der Waals surface area contributed by atoms with E-state index in [1.54, 1.807) is 6.20 Å². The van der Waals surface area contributed by atoms with E-state index in [0.29, 0.717) is 0 Å². The number of rotatable bonds is 3. The van der Waals surface area contributed by atoms with E-state index in [1.165, 1.54) is 0 Å². The number of benzene rings is 1. The van der Waals surface area contributed by atoms with Crippen molar-refractivity contribution in [2.24, 2.45) is 5.73 Å². The van der Waals surface area contributed by atoms with Gasteiger partial charge in [0.05, 0.1) is 11.2 Å². The molecule has 2 aromatic rings. The van der Waals surface area contributed by atoms with E-state index in [9.17, 15) is 4.79 Å². The van der Waals surface area contributed by atoms with Gasteiger partial charge >= 0.3 is 0 Å². The maximum atomic E-state index is 12.5. The lowest BCUT2D eigenvalue weighted by Crippen LogP contribution is -2.52. The maximum absolute atomic E-state index is 12.5. The molecule has 3 rings (SSSR count). The van der Waals surface area contributed by atoms with Gasteiger partial charge in [-0.05, 0) is 38.0 Å². The van der Waals surface area contributed by atoms with Crippen LogP contribution in [0.5, 0.6) is 0 Å². The molecule has 3 N–H and O–H groups in total. The molecule has 128 valence electrons. The highest BCUT2D eigenvalue weighted by molar-refractivity contribution is 5.98. The summed E-state index contributed by atoms with van der Waals surface area (Å²) in [6, 6.07) is 9.54. The van der Waals surface area contributed by atoms with Crippen LogP contribution in [-0.4, -0.2) is 21.4 Å². The van der Waals surface area contributed by atoms with Gasteiger partial charge in [-0.3, -0.25) is 4.79 Å². The standard InChI is InChI=1S/C18H22N4O.ClH/c1-13-20-11-8-16(21-13)14-6-5-7-15(12-14)22-17(23)18(19)9-3-2-4-10-18;/h5-8,11-12H,2-4,9-10,19H2,1H3,(H,22,23);1H. The molecule has 0 saturated heterocycles. The molecule has 0 radical (unpaired) electrons. The molecule has 1 heterocycles. The highest BCUT2D eigenvalue weighted by Gasteiger charge is 2.35. The van der Waals surface area contributed by atoms with Crippen molar-refractivity contribution in [1.29, 1.82) is 0 Å². The minimum Gasteiger partial charge on any atom is -0.324 e. The minimum absolute atomic E-state index is 0. The van der Waals surface area contributed by atoms with Crippen molar-refractivity contribution in [3.8, 4) is 11.3 Å². The second kappa shape index (κ2) is 7.73. The molecule has 0 atom stereocenters. The normalized spacial score (nSPS) is 16.1. The maximum Gasteiger partial charge on any atom is 0.244 e. The van der Waals surface area contributed by atoms with Crippen molar-refractivity contribution in [3.63, 3.8) is 0 Å². The van der Waals surface area contributed by atoms with Crippen molar-refractivity contribution < 1.29 is 4.79 Å². The van der Waals surface area contributed by atoms with Crippen LogP contribution in [0.3, 0.4) is 0 Å². The Morgan fingerprint density at radius 2 is 1.96 bits per heavy atom. The average Bonchev–Trinajstić information content (AvgIpc) is 2.56. The molecule has 1 aliphatic carbocycles. The first-order valence-corrected chi connectivity index (χ1v) is 8.07. The van der Waals surface area contributed by atoms with Crippen LogP contribution in [0.1, 0.15) is 37.9 Å². The first kappa shape index (κ1) is 18.4. The van der Waals surface area contributed by atoms with Gasteiger partial charge in [-0.1, -0.05) is 31.4 Å². The second-order valence-electron chi connectivity index (χ2n) is 6.24. The molecule has 0 spiro atoms. The second-order valence-corrected chi connectivity index (χ2v) is 6.24. The average molecular weight is 347 g/mol. The molecule has 1 aliphatic rings. The number of nitrogens with zero attached hydrogens (tertiary/aromatic N) is 2. The zero-order chi connectivity index (χ0) is 16.3. The van der Waals surface area contributed by atoms with Crippen molar-refractivity contribution in [2.75, 3.05) is 5.32 Å². The van der Waals surface area contributed by atoms with Crippen LogP contribution >= 0.6 is 12.4 Å². The lowest BCUT2D eigenvalue weighted by molar-refractivity contribution is -0.122. The Bertz CT molecular complexity index is 714. The van der Waals surface area contributed by atoms with Crippen LogP contribution in [0.2, 0.25) is 0 Å². The summed E-state index contributed by atoms with van der Waals surface area (Å²) < 4.78 is 0. The smallest absolute Gasteiger partial charge is 0.244 e. The van der Waals surface area contributed by atoms with Gasteiger partial charge < -0.3 is 11.1 Å². The molecule has 1 aromatic heterocycles. The number of carbonyl (C=O) groups is 1. The monoisotopic (exact) mass is 346 g/mol. The lowest BCUT2D eigenvalue weighted by Gasteiger charge is -2.31. The van der Waals surface area contributed by atoms with Gasteiger partial charge in [0.2, 0.25) is 5.91 Å². The Morgan fingerprint density at radius 1 is 1.21 bits per heavy atom. The number of carbonyl (C=O) groups excluding carboxylic acids is 1. The van der Waals surface area contributed by atoms with Gasteiger partial charge in [0.15, 0.2) is 0 Å². The fourth-order valence-corrected chi connectivity index (χ4v) is 3.04. The van der Waals surface area contributed by atoms with Gasteiger partial charge in [0.25, 0.3) is 0 Å². The highest BCUT2D eigenvalue weighted by atomic mass is 35.5. The molecular weight excluding hydrogens is 324 g/mol. The Balaban J connectivity index is 0.00000208. The molecular formula is C18H23ClN4O. The number of nitrogens with one attached hydrogen (secondary N) is 1. The van der Waals surface area contributed by atoms with E-state index in [1.807, 2.05) is 37.3 Å². The number of aromatic nitrogens is 2. The van der Waals surface area contributed by atoms with Crippen LogP contribution < -0.4 is 11.1 Å². The third-order valence-electron chi connectivity index (χ3n) is 4.39. The van der Waals surface area contributed by atoms with Gasteiger partial charge in [0.1, 0.15) is 5.82 Å². The summed E-state index contributed by atoms with van der Waals surface area (Å²) in [6.07, 6.45) is 6.44. The Labute approximate surface area is 148 Å². The number of amides is 1. The van der Waals surface area contributed by atoms with Crippen LogP contribution in [0, 0.1) is 6.92 Å². The topological polar surface area (TPSA) is 80.9 Å². The first-order valence-electron chi connectivity index (χ1n) is 8.07. The zero-order valence-electron chi connectivity index (χ0n) is 13.8. The van der Waals surface area contributed by atoms with Crippen molar-refractivity contribution in [1.82, 2.24) is 9.97 Å². The van der Waals surface area contributed by atoms with Crippen molar-refractivity contribution in [2.45, 2.75) is 44.6 Å². The summed E-state index contributed by atoms with van der Waals surface area (Å²) in [5.41, 5.74) is 8.09. The zero-order valence-corrected chi connectivity index (χ0v) is 14.6. The molecule has 0 unspecified atom stereocenters. The molecule has 0 bridgehead atoms. The quantitative estimate of drug-likeness (QED) is 0.891. The lowest BCUT2D eigenvalue weighted by atomic mass is 9.82. The summed E-state index contributed by atoms with van der Waals surface area (Å²) in [4.78, 5) is 21.1. The van der Waals surface area contributed by atoms with Crippen molar-refractivity contribution in [3.05, 3.63) is 42.4 Å². The molecule has 1 amide bonds. The number of hydrogen-bond acceptors (Lipinski definition) is 4. The fourth-order valence-electron chi connectivity index (χ4n) is 3.04. The van der Waals surface area contributed by atoms with Crippen LogP contribution in [0.15, 0.2) is 36.5 Å². The summed E-state index contributed by atoms with van der Waals surface area (Å²) in [5, 5.41) is 2.97. The predicted molar refractivity (Wildman–Crippen MR) is 98.1 cm³/mol. The van der Waals surface area contributed by atoms with Gasteiger partial charge in [-0.2, -0.15) is 0 Å². The number of aryl methyl sites for hydroxylation is 1. The molecule has 1 fully saturated rings. The number of halogens is 1. The molecule has 1 saturated carbocycles. The molecule has 0 aliphatic heterocycles. The third-order valence-corrected chi connectivity index (χ3v) is 4.39. The largest absolute Gasteiger partial charge is 0.324 e. The molecule has 24 heavy (non-hydrogen) atoms. The summed E-state index contributed by atoms with van der Waals surface area (Å²) >= 11 is 0. The number of anilines is 1. The van der Waals surface area contributed by atoms with Crippen LogP contribution in [0.4, 0.5) is 5.69 Å². The van der Waals surface area contributed by atoms with E-state index in [0.717, 1.165) is 54.9 Å². The van der Waals surface area contributed by atoms with E-state index in [4.69, 9.17) is 5.73 Å². The summed E-state index contributed by atoms with van der Waals surface area (Å²) in [6.45, 7) is 1.86. The van der Waals surface area contributed by atoms with Gasteiger partial charge in [0, 0.05) is 17.4 Å². The van der Waals surface area contributed by atoms with E-state index >= 15 is 0 Å². The fraction of sp³-hybridized carbons (Fsp3) is 0.389. The first-order chi connectivity index (χ1) is 11.1. The predicted octanol–water partition coefficient (Wildman–Crippen LogP) is 3.47. The van der Waals surface area contributed by atoms with Gasteiger partial charge in [-0.25, -0.2) is 9.97 Å². The molecule has 1 aromatic carbocycles. The van der Waals surface area contributed by atoms with E-state index in [-0.39, 0.29) is 18.3 Å². The van der Waals surface area contributed by atoms with E-state index in [2.05, 4.69) is 15.3 Å². The van der Waals surface area contributed by atoms with E-state index < -0.39 is 5.54 Å². The van der Waals surface area contributed by atoms with Gasteiger partial charge in [-0.15, -0.1) is 12.4 Å². The molecule has 5 nitrogen and oxygen atoms in total. The number of nitrogens with two attached hydrogens (primary N) is 1. The Morgan fingerprint density at radius 3 is 2.67 bits per heavy atom. The van der Waals surface area contributed by atoms with Crippen molar-refractivity contribution >= 4 is 24.0 Å². The Hall–Kier alpha value is -1.98. The number of hydrogen-bond donors (Lipinski definition) is 2. The van der Waals surface area contributed by atoms with Crippen LogP contribution in [-0.2, 0) is 4.79 Å². The third kappa shape index (κ3) is 4.10. The summed E-state index contributed by atoms with van der Waals surface area (Å²) in [5.74, 6) is 0.633. The SMILES string of the molecule is Cc1nccc(-c2cccc(NC(=O)C3(N)CCCCC3)c2)n1.Cl. The molecule has 6 heteroatoms. The Kier molecular flexibility index (Phi) is 5.91. The minimum atomic E-state index is -0.736. The van der Waals surface area contributed by atoms with Crippen LogP contribution in [0.25, 0.3) is 11.3 Å². The summed E-state index contributed by atoms with van der Waals surface area (Å²) in [7, 11) is 0. The highest BCUT2D eigenvalue weighted by Crippen LogP contribution is 2.28.